The highest BCUT2D eigenvalue weighted by Crippen LogP contribution is 2.56. The Morgan fingerprint density at radius 2 is 1.68 bits per heavy atom. The fourth-order valence-electron chi connectivity index (χ4n) is 3.95. The molecule has 0 saturated heterocycles. The predicted molar refractivity (Wildman–Crippen MR) is 101 cm³/mol. The number of ether oxygens (including phenoxy) is 2. The summed E-state index contributed by atoms with van der Waals surface area (Å²) >= 11 is 0. The summed E-state index contributed by atoms with van der Waals surface area (Å²) in [5, 5.41) is 12.7. The summed E-state index contributed by atoms with van der Waals surface area (Å²) in [6, 6.07) is 17.2. The molecule has 0 aliphatic carbocycles. The van der Waals surface area contributed by atoms with Crippen LogP contribution in [-0.4, -0.2) is 17.0 Å². The molecule has 1 spiro atoms. The number of benzene rings is 3. The number of fused-ring (bicyclic) bond motifs is 6. The minimum Gasteiger partial charge on any atom is -0.508 e. The van der Waals surface area contributed by atoms with Crippen LogP contribution in [0.1, 0.15) is 34.0 Å². The number of esters is 1. The van der Waals surface area contributed by atoms with Crippen molar-refractivity contribution in [2.24, 2.45) is 0 Å². The first-order chi connectivity index (χ1) is 13.5. The zero-order valence-electron chi connectivity index (χ0n) is 14.9. The van der Waals surface area contributed by atoms with E-state index >= 15 is 0 Å². The second-order valence-corrected chi connectivity index (χ2v) is 6.79. The number of hydrogen-bond acceptors (Lipinski definition) is 5. The molecule has 1 amide bonds. The topological polar surface area (TPSA) is 84.9 Å². The first-order valence-electron chi connectivity index (χ1n) is 8.75. The average Bonchev–Trinajstić information content (AvgIpc) is 2.95. The van der Waals surface area contributed by atoms with Crippen LogP contribution in [0.3, 0.4) is 0 Å². The summed E-state index contributed by atoms with van der Waals surface area (Å²) in [4.78, 5) is 24.1. The summed E-state index contributed by atoms with van der Waals surface area (Å²) in [7, 11) is 0. The predicted octanol–water partition coefficient (Wildman–Crippen LogP) is 3.92. The van der Waals surface area contributed by atoms with Gasteiger partial charge in [0.15, 0.2) is 5.60 Å². The highest BCUT2D eigenvalue weighted by atomic mass is 16.6. The van der Waals surface area contributed by atoms with Crippen molar-refractivity contribution >= 4 is 17.6 Å². The highest BCUT2D eigenvalue weighted by molar-refractivity contribution is 5.97. The van der Waals surface area contributed by atoms with Gasteiger partial charge in [0.1, 0.15) is 17.2 Å². The van der Waals surface area contributed by atoms with Gasteiger partial charge in [-0.25, -0.2) is 4.79 Å². The van der Waals surface area contributed by atoms with Gasteiger partial charge in [-0.1, -0.05) is 18.2 Å². The van der Waals surface area contributed by atoms with Crippen molar-refractivity contribution in [2.45, 2.75) is 12.5 Å². The summed E-state index contributed by atoms with van der Waals surface area (Å²) in [6.45, 7) is 1.42. The molecule has 3 aromatic rings. The smallest absolute Gasteiger partial charge is 0.340 e. The Morgan fingerprint density at radius 1 is 0.964 bits per heavy atom. The van der Waals surface area contributed by atoms with E-state index in [2.05, 4.69) is 5.32 Å². The van der Waals surface area contributed by atoms with Crippen molar-refractivity contribution in [2.75, 3.05) is 5.32 Å². The van der Waals surface area contributed by atoms with E-state index in [1.54, 1.807) is 36.4 Å². The summed E-state index contributed by atoms with van der Waals surface area (Å²) < 4.78 is 12.0. The molecule has 2 N–H and O–H groups in total. The molecule has 0 fully saturated rings. The van der Waals surface area contributed by atoms with Crippen molar-refractivity contribution in [3.8, 4) is 17.2 Å². The lowest BCUT2D eigenvalue weighted by atomic mass is 9.77. The lowest BCUT2D eigenvalue weighted by Gasteiger charge is -2.36. The van der Waals surface area contributed by atoms with E-state index in [0.29, 0.717) is 39.4 Å². The Kier molecular flexibility index (Phi) is 3.27. The van der Waals surface area contributed by atoms with Crippen molar-refractivity contribution in [3.63, 3.8) is 0 Å². The second kappa shape index (κ2) is 5.60. The lowest BCUT2D eigenvalue weighted by molar-refractivity contribution is -0.114. The van der Waals surface area contributed by atoms with E-state index in [1.807, 2.05) is 12.1 Å². The van der Waals surface area contributed by atoms with E-state index in [1.165, 1.54) is 19.1 Å². The molecule has 6 nitrogen and oxygen atoms in total. The Labute approximate surface area is 160 Å². The third-order valence-electron chi connectivity index (χ3n) is 5.02. The van der Waals surface area contributed by atoms with Gasteiger partial charge in [-0.05, 0) is 30.3 Å². The number of carbonyl (C=O) groups is 2. The van der Waals surface area contributed by atoms with Gasteiger partial charge >= 0.3 is 5.97 Å². The molecular formula is C22H15NO5. The zero-order valence-corrected chi connectivity index (χ0v) is 14.9. The minimum atomic E-state index is -1.18. The first kappa shape index (κ1) is 16.4. The SMILES string of the molecule is CC(=O)Nc1ccc2c(c1)Oc1cc(O)ccc1C21OC(=O)c2ccccc21. The van der Waals surface area contributed by atoms with Crippen LogP contribution in [0.5, 0.6) is 17.2 Å². The van der Waals surface area contributed by atoms with Gasteiger partial charge < -0.3 is 19.9 Å². The van der Waals surface area contributed by atoms with E-state index in [9.17, 15) is 14.7 Å². The third kappa shape index (κ3) is 2.15. The number of phenols is 1. The van der Waals surface area contributed by atoms with E-state index in [-0.39, 0.29) is 11.7 Å². The molecule has 1 atom stereocenters. The lowest BCUT2D eigenvalue weighted by Crippen LogP contribution is -2.33. The molecule has 0 radical (unpaired) electrons. The summed E-state index contributed by atoms with van der Waals surface area (Å²) in [6.07, 6.45) is 0. The number of rotatable bonds is 1. The number of nitrogens with one attached hydrogen (secondary N) is 1. The number of anilines is 1. The van der Waals surface area contributed by atoms with Crippen molar-refractivity contribution < 1.29 is 24.2 Å². The van der Waals surface area contributed by atoms with Crippen LogP contribution in [0, 0.1) is 0 Å². The van der Waals surface area contributed by atoms with Crippen molar-refractivity contribution in [1.82, 2.24) is 0 Å². The Morgan fingerprint density at radius 3 is 2.46 bits per heavy atom. The average molecular weight is 373 g/mol. The number of phenolic OH excluding ortho intramolecular Hbond substituents is 1. The molecule has 0 saturated carbocycles. The minimum absolute atomic E-state index is 0.0352. The van der Waals surface area contributed by atoms with Crippen LogP contribution in [0.4, 0.5) is 5.69 Å². The fourth-order valence-corrected chi connectivity index (χ4v) is 3.95. The molecule has 2 aliphatic heterocycles. The maximum Gasteiger partial charge on any atom is 0.340 e. The van der Waals surface area contributed by atoms with Gasteiger partial charge in [-0.3, -0.25) is 4.79 Å². The molecule has 2 heterocycles. The van der Waals surface area contributed by atoms with Crippen LogP contribution in [0.2, 0.25) is 0 Å². The van der Waals surface area contributed by atoms with Gasteiger partial charge in [-0.15, -0.1) is 0 Å². The molecule has 3 aromatic carbocycles. The van der Waals surface area contributed by atoms with E-state index in [4.69, 9.17) is 9.47 Å². The number of aromatic hydroxyl groups is 1. The fraction of sp³-hybridized carbons (Fsp3) is 0.0909. The van der Waals surface area contributed by atoms with Crippen LogP contribution in [0.15, 0.2) is 60.7 Å². The molecule has 2 aliphatic rings. The third-order valence-corrected chi connectivity index (χ3v) is 5.02. The van der Waals surface area contributed by atoms with Crippen LogP contribution in [-0.2, 0) is 15.1 Å². The largest absolute Gasteiger partial charge is 0.508 e. The molecular weight excluding hydrogens is 358 g/mol. The Balaban J connectivity index is 1.81. The first-order valence-corrected chi connectivity index (χ1v) is 8.75. The molecule has 1 unspecified atom stereocenters. The molecule has 5 rings (SSSR count). The van der Waals surface area contributed by atoms with Crippen LogP contribution < -0.4 is 10.1 Å². The van der Waals surface area contributed by atoms with Crippen molar-refractivity contribution in [1.29, 1.82) is 0 Å². The maximum atomic E-state index is 12.7. The number of amides is 1. The Bertz CT molecular complexity index is 1170. The van der Waals surface area contributed by atoms with Crippen LogP contribution in [0.25, 0.3) is 0 Å². The molecule has 6 heteroatoms. The number of hydrogen-bond donors (Lipinski definition) is 2. The van der Waals surface area contributed by atoms with Crippen LogP contribution >= 0.6 is 0 Å². The Hall–Kier alpha value is -3.80. The summed E-state index contributed by atoms with van der Waals surface area (Å²) in [5.41, 5.74) is 1.85. The molecule has 28 heavy (non-hydrogen) atoms. The number of carbonyl (C=O) groups excluding carboxylic acids is 2. The van der Waals surface area contributed by atoms with E-state index in [0.717, 1.165) is 0 Å². The second-order valence-electron chi connectivity index (χ2n) is 6.79. The molecule has 0 aromatic heterocycles. The zero-order chi connectivity index (χ0) is 19.5. The highest BCUT2D eigenvalue weighted by Gasteiger charge is 2.53. The van der Waals surface area contributed by atoms with Crippen molar-refractivity contribution in [3.05, 3.63) is 82.9 Å². The summed E-state index contributed by atoms with van der Waals surface area (Å²) in [5.74, 6) is 0.230. The van der Waals surface area contributed by atoms with E-state index < -0.39 is 11.6 Å². The van der Waals surface area contributed by atoms with Gasteiger partial charge in [0.2, 0.25) is 5.91 Å². The molecule has 0 bridgehead atoms. The van der Waals surface area contributed by atoms with Gasteiger partial charge in [0, 0.05) is 41.4 Å². The van der Waals surface area contributed by atoms with Gasteiger partial charge in [0.05, 0.1) is 5.56 Å². The maximum absolute atomic E-state index is 12.7. The normalized spacial score (nSPS) is 18.5. The quantitative estimate of drug-likeness (QED) is 0.632. The monoisotopic (exact) mass is 373 g/mol. The van der Waals surface area contributed by atoms with Gasteiger partial charge in [0.25, 0.3) is 0 Å². The van der Waals surface area contributed by atoms with Gasteiger partial charge in [-0.2, -0.15) is 0 Å². The molecule has 138 valence electrons. The standard InChI is InChI=1S/C22H15NO5/c1-12(24)23-13-6-8-17-19(10-13)27-20-11-14(25)7-9-18(20)22(17)16-5-3-2-4-15(16)21(26)28-22/h2-11,25H,1H3,(H,23,24).